The molecule has 1 fully saturated rings. The lowest BCUT2D eigenvalue weighted by Gasteiger charge is -2.15. The van der Waals surface area contributed by atoms with E-state index in [0.29, 0.717) is 13.1 Å². The summed E-state index contributed by atoms with van der Waals surface area (Å²) in [5.74, 6) is -4.65. The summed E-state index contributed by atoms with van der Waals surface area (Å²) in [5.41, 5.74) is 6.88. The summed E-state index contributed by atoms with van der Waals surface area (Å²) >= 11 is 0. The fraction of sp³-hybridized carbons (Fsp3) is 0.348. The predicted molar refractivity (Wildman–Crippen MR) is 119 cm³/mol. The number of hydrogen-bond acceptors (Lipinski definition) is 8. The molecule has 2 aromatic carbocycles. The molecule has 0 saturated carbocycles. The molecule has 1 aliphatic heterocycles. The highest BCUT2D eigenvalue weighted by atomic mass is 19.2. The fourth-order valence-electron chi connectivity index (χ4n) is 3.40. The van der Waals surface area contributed by atoms with Crippen LogP contribution < -0.4 is 16.0 Å². The molecule has 0 unspecified atom stereocenters. The number of nitrogen functional groups attached to an aromatic ring is 1. The first-order valence-electron chi connectivity index (χ1n) is 10.8. The van der Waals surface area contributed by atoms with E-state index in [1.54, 1.807) is 0 Å². The average Bonchev–Trinajstić information content (AvgIpc) is 3.39. The number of nitrogens with zero attached hydrogens (tertiary/aromatic N) is 1. The zero-order valence-electron chi connectivity index (χ0n) is 18.7. The van der Waals surface area contributed by atoms with Gasteiger partial charge in [0.25, 0.3) is 5.91 Å². The Morgan fingerprint density at radius 3 is 2.49 bits per heavy atom. The summed E-state index contributed by atoms with van der Waals surface area (Å²) < 4.78 is 38.9. The Bertz CT molecular complexity index is 1090. The maximum absolute atomic E-state index is 14.6. The van der Waals surface area contributed by atoms with Crippen molar-refractivity contribution in [3.63, 3.8) is 0 Å². The summed E-state index contributed by atoms with van der Waals surface area (Å²) in [7, 11) is 0. The van der Waals surface area contributed by atoms with Crippen molar-refractivity contribution >= 4 is 23.5 Å². The van der Waals surface area contributed by atoms with Gasteiger partial charge in [0.2, 0.25) is 5.78 Å². The number of benzene rings is 2. The van der Waals surface area contributed by atoms with Crippen LogP contribution in [0.2, 0.25) is 0 Å². The molecule has 2 aromatic rings. The normalized spacial score (nSPS) is 12.9. The number of ketones is 1. The molecule has 0 aliphatic carbocycles. The minimum atomic E-state index is -1.42. The highest BCUT2D eigenvalue weighted by Gasteiger charge is 2.25. The third-order valence-electron chi connectivity index (χ3n) is 5.16. The van der Waals surface area contributed by atoms with E-state index < -0.39 is 35.0 Å². The highest BCUT2D eigenvalue weighted by Crippen LogP contribution is 2.29. The van der Waals surface area contributed by atoms with Crippen LogP contribution in [0.3, 0.4) is 0 Å². The standard InChI is InChI=1S/C23H25F2N3O7/c24-16-5-6-18(34-12-11-33-10-9-29)19(20(16)25)21(30)15-4-3-14(13-17(15)26)22(31)27-35-23(32)28-7-1-2-8-28/h3-6,13,29H,1-2,7-12,26H2,(H,27,31). The van der Waals surface area contributed by atoms with Crippen LogP contribution in [-0.4, -0.2) is 67.3 Å². The van der Waals surface area contributed by atoms with E-state index in [1.165, 1.54) is 17.0 Å². The van der Waals surface area contributed by atoms with E-state index in [-0.39, 0.29) is 49.0 Å². The zero-order chi connectivity index (χ0) is 25.4. The van der Waals surface area contributed by atoms with Gasteiger partial charge in [-0.15, -0.1) is 0 Å². The molecular formula is C23H25F2N3O7. The third kappa shape index (κ3) is 6.43. The predicted octanol–water partition coefficient (Wildman–Crippen LogP) is 2.04. The second-order valence-electron chi connectivity index (χ2n) is 7.54. The average molecular weight is 493 g/mol. The van der Waals surface area contributed by atoms with E-state index in [1.807, 2.05) is 5.48 Å². The number of carbonyl (C=O) groups excluding carboxylic acids is 3. The number of hydrogen-bond donors (Lipinski definition) is 3. The van der Waals surface area contributed by atoms with Crippen LogP contribution in [0.1, 0.15) is 39.1 Å². The van der Waals surface area contributed by atoms with Crippen LogP contribution in [0.4, 0.5) is 19.3 Å². The number of aliphatic hydroxyl groups is 1. The molecule has 188 valence electrons. The van der Waals surface area contributed by atoms with E-state index in [4.69, 9.17) is 25.2 Å². The van der Waals surface area contributed by atoms with Crippen molar-refractivity contribution in [2.24, 2.45) is 0 Å². The summed E-state index contributed by atoms with van der Waals surface area (Å²) in [6, 6.07) is 5.46. The summed E-state index contributed by atoms with van der Waals surface area (Å²) in [4.78, 5) is 43.5. The fourth-order valence-corrected chi connectivity index (χ4v) is 3.40. The van der Waals surface area contributed by atoms with Gasteiger partial charge in [0.1, 0.15) is 17.9 Å². The summed E-state index contributed by atoms with van der Waals surface area (Å²) in [5, 5.41) is 8.71. The van der Waals surface area contributed by atoms with E-state index >= 15 is 0 Å². The Kier molecular flexibility index (Phi) is 8.92. The minimum Gasteiger partial charge on any atom is -0.490 e. The first kappa shape index (κ1) is 25.8. The number of amides is 2. The van der Waals surface area contributed by atoms with Crippen LogP contribution in [0, 0.1) is 11.6 Å². The lowest BCUT2D eigenvalue weighted by Crippen LogP contribution is -2.35. The number of hydroxylamine groups is 1. The van der Waals surface area contributed by atoms with Crippen LogP contribution in [-0.2, 0) is 9.57 Å². The highest BCUT2D eigenvalue weighted by molar-refractivity contribution is 6.14. The molecule has 12 heteroatoms. The summed E-state index contributed by atoms with van der Waals surface area (Å²) in [6.07, 6.45) is 1.02. The lowest BCUT2D eigenvalue weighted by atomic mass is 9.98. The first-order valence-corrected chi connectivity index (χ1v) is 10.8. The van der Waals surface area contributed by atoms with Crippen LogP contribution in [0.15, 0.2) is 30.3 Å². The van der Waals surface area contributed by atoms with Crippen molar-refractivity contribution in [1.82, 2.24) is 10.4 Å². The zero-order valence-corrected chi connectivity index (χ0v) is 18.7. The number of aliphatic hydroxyl groups excluding tert-OH is 1. The molecule has 0 atom stereocenters. The maximum Gasteiger partial charge on any atom is 0.434 e. The maximum atomic E-state index is 14.6. The van der Waals surface area contributed by atoms with Crippen LogP contribution in [0.5, 0.6) is 5.75 Å². The molecule has 10 nitrogen and oxygen atoms in total. The van der Waals surface area contributed by atoms with Gasteiger partial charge in [0, 0.05) is 29.9 Å². The molecule has 0 spiro atoms. The van der Waals surface area contributed by atoms with Crippen molar-refractivity contribution < 1.29 is 42.6 Å². The Hall–Kier alpha value is -3.77. The van der Waals surface area contributed by atoms with E-state index in [0.717, 1.165) is 31.0 Å². The Balaban J connectivity index is 1.73. The van der Waals surface area contributed by atoms with Gasteiger partial charge in [-0.2, -0.15) is 5.48 Å². The molecule has 0 radical (unpaired) electrons. The van der Waals surface area contributed by atoms with Gasteiger partial charge in [-0.1, -0.05) is 0 Å². The van der Waals surface area contributed by atoms with Crippen molar-refractivity contribution in [3.05, 3.63) is 58.7 Å². The Morgan fingerprint density at radius 2 is 1.80 bits per heavy atom. The molecular weight excluding hydrogens is 468 g/mol. The number of likely N-dealkylation sites (tertiary alicyclic amines) is 1. The second kappa shape index (κ2) is 12.1. The molecule has 0 bridgehead atoms. The topological polar surface area (TPSA) is 140 Å². The van der Waals surface area contributed by atoms with Gasteiger partial charge in [0.05, 0.1) is 19.8 Å². The van der Waals surface area contributed by atoms with Gasteiger partial charge in [-0.05, 0) is 43.2 Å². The molecule has 4 N–H and O–H groups in total. The number of ether oxygens (including phenoxy) is 2. The molecule has 2 amide bonds. The van der Waals surface area contributed by atoms with E-state index in [2.05, 4.69) is 0 Å². The van der Waals surface area contributed by atoms with Crippen molar-refractivity contribution in [3.8, 4) is 5.75 Å². The number of anilines is 1. The molecule has 35 heavy (non-hydrogen) atoms. The molecule has 1 heterocycles. The monoisotopic (exact) mass is 493 g/mol. The van der Waals surface area contributed by atoms with Crippen molar-refractivity contribution in [2.75, 3.05) is 45.3 Å². The van der Waals surface area contributed by atoms with Gasteiger partial charge in [0.15, 0.2) is 11.6 Å². The molecule has 3 rings (SSSR count). The van der Waals surface area contributed by atoms with Crippen molar-refractivity contribution in [2.45, 2.75) is 12.8 Å². The van der Waals surface area contributed by atoms with Crippen molar-refractivity contribution in [1.29, 1.82) is 0 Å². The van der Waals surface area contributed by atoms with Crippen LogP contribution in [0.25, 0.3) is 0 Å². The smallest absolute Gasteiger partial charge is 0.434 e. The molecule has 1 saturated heterocycles. The van der Waals surface area contributed by atoms with E-state index in [9.17, 15) is 23.2 Å². The largest absolute Gasteiger partial charge is 0.490 e. The van der Waals surface area contributed by atoms with Gasteiger partial charge in [-0.25, -0.2) is 13.6 Å². The lowest BCUT2D eigenvalue weighted by molar-refractivity contribution is 0.0450. The number of nitrogens with two attached hydrogens (primary N) is 1. The molecule has 1 aliphatic rings. The molecule has 0 aromatic heterocycles. The number of carbonyl (C=O) groups is 3. The quantitative estimate of drug-likeness (QED) is 0.209. The van der Waals surface area contributed by atoms with Gasteiger partial charge >= 0.3 is 6.09 Å². The first-order chi connectivity index (χ1) is 16.8. The second-order valence-corrected chi connectivity index (χ2v) is 7.54. The third-order valence-corrected chi connectivity index (χ3v) is 5.16. The van der Waals surface area contributed by atoms with Gasteiger partial charge < -0.3 is 30.1 Å². The summed E-state index contributed by atoms with van der Waals surface area (Å²) in [6.45, 7) is 0.911. The van der Waals surface area contributed by atoms with Gasteiger partial charge in [-0.3, -0.25) is 9.59 Å². The minimum absolute atomic E-state index is 0.0227. The SMILES string of the molecule is Nc1cc(C(=O)NOC(=O)N2CCCC2)ccc1C(=O)c1c(OCCOCCO)ccc(F)c1F. The Morgan fingerprint density at radius 1 is 1.06 bits per heavy atom. The number of halogens is 2. The Labute approximate surface area is 199 Å². The number of nitrogens with one attached hydrogen (secondary N) is 1. The van der Waals surface area contributed by atoms with Crippen LogP contribution >= 0.6 is 0 Å². The number of rotatable bonds is 9.